The molecule has 2 heterocycles. The van der Waals surface area contributed by atoms with E-state index in [1.54, 1.807) is 11.9 Å². The number of unbranched alkanes of at least 4 members (excludes halogenated alkanes) is 1. The van der Waals surface area contributed by atoms with Crippen molar-refractivity contribution in [3.05, 3.63) is 71.3 Å². The van der Waals surface area contributed by atoms with Gasteiger partial charge in [-0.25, -0.2) is 4.68 Å². The van der Waals surface area contributed by atoms with Crippen LogP contribution in [0, 0.1) is 0 Å². The average Bonchev–Trinajstić information content (AvgIpc) is 3.28. The minimum absolute atomic E-state index is 0.119. The van der Waals surface area contributed by atoms with Gasteiger partial charge < -0.3 is 5.11 Å². The average molecular weight is 471 g/mol. The van der Waals surface area contributed by atoms with Gasteiger partial charge in [-0.15, -0.1) is 0 Å². The summed E-state index contributed by atoms with van der Waals surface area (Å²) in [7, 11) is 0. The highest BCUT2D eigenvalue weighted by Gasteiger charge is 2.34. The van der Waals surface area contributed by atoms with Crippen LogP contribution in [0.3, 0.4) is 0 Å². The van der Waals surface area contributed by atoms with Gasteiger partial charge in [-0.2, -0.15) is 10.2 Å². The Bertz CT molecular complexity index is 1220. The predicted octanol–water partition coefficient (Wildman–Crippen LogP) is 7.59. The Labute approximate surface area is 208 Å². The van der Waals surface area contributed by atoms with Gasteiger partial charge in [0.1, 0.15) is 5.76 Å². The number of aryl methyl sites for hydroxylation is 1. The molecule has 0 aliphatic heterocycles. The third kappa shape index (κ3) is 4.23. The summed E-state index contributed by atoms with van der Waals surface area (Å²) in [5, 5.41) is 19.7. The summed E-state index contributed by atoms with van der Waals surface area (Å²) >= 11 is 0. The molecule has 1 unspecified atom stereocenters. The minimum Gasteiger partial charge on any atom is -0.508 e. The Kier molecular flexibility index (Phi) is 6.03. The normalized spacial score (nSPS) is 24.0. The van der Waals surface area contributed by atoms with E-state index in [4.69, 9.17) is 5.10 Å². The zero-order valence-corrected chi connectivity index (χ0v) is 21.0. The Morgan fingerprint density at radius 2 is 1.94 bits per heavy atom. The fraction of sp³-hybridized carbons (Fsp3) is 0.533. The molecule has 0 saturated heterocycles. The molecule has 5 nitrogen and oxygen atoms in total. The molecule has 5 heteroatoms. The molecular formula is C30H38N4O. The van der Waals surface area contributed by atoms with Gasteiger partial charge in [0, 0.05) is 17.5 Å². The van der Waals surface area contributed by atoms with Crippen LogP contribution in [0.25, 0.3) is 11.4 Å². The van der Waals surface area contributed by atoms with Crippen molar-refractivity contribution in [2.24, 2.45) is 0 Å². The summed E-state index contributed by atoms with van der Waals surface area (Å²) in [5.74, 6) is 1.83. The molecule has 1 aromatic carbocycles. The number of fused-ring (bicyclic) bond motifs is 1. The molecule has 3 aliphatic carbocycles. The van der Waals surface area contributed by atoms with Crippen molar-refractivity contribution >= 4 is 5.76 Å². The second kappa shape index (κ2) is 9.33. The smallest absolute Gasteiger partial charge is 0.119 e. The number of aliphatic hydroxyl groups excluding tert-OH is 1. The van der Waals surface area contributed by atoms with Crippen molar-refractivity contribution in [3.8, 4) is 5.69 Å². The molecule has 6 rings (SSSR count). The van der Waals surface area contributed by atoms with E-state index in [1.165, 1.54) is 62.5 Å². The summed E-state index contributed by atoms with van der Waals surface area (Å²) in [6.07, 6.45) is 17.5. The molecule has 3 aromatic rings. The van der Waals surface area contributed by atoms with Crippen molar-refractivity contribution in [2.75, 3.05) is 0 Å². The number of aliphatic hydroxyl groups is 1. The molecule has 3 atom stereocenters. The lowest BCUT2D eigenvalue weighted by Crippen LogP contribution is -2.21. The van der Waals surface area contributed by atoms with Crippen LogP contribution in [-0.2, 0) is 6.42 Å². The molecule has 0 bridgehead atoms. The number of aromatic nitrogens is 4. The zero-order valence-electron chi connectivity index (χ0n) is 21.0. The van der Waals surface area contributed by atoms with Crippen LogP contribution in [0.1, 0.15) is 123 Å². The van der Waals surface area contributed by atoms with Crippen molar-refractivity contribution in [2.45, 2.75) is 101 Å². The van der Waals surface area contributed by atoms with E-state index in [2.05, 4.69) is 53.7 Å². The van der Waals surface area contributed by atoms with Gasteiger partial charge in [-0.05, 0) is 80.5 Å². The Balaban J connectivity index is 1.26. The van der Waals surface area contributed by atoms with Gasteiger partial charge in [0.2, 0.25) is 0 Å². The van der Waals surface area contributed by atoms with Gasteiger partial charge in [-0.1, -0.05) is 44.9 Å². The van der Waals surface area contributed by atoms with E-state index < -0.39 is 0 Å². The highest BCUT2D eigenvalue weighted by atomic mass is 16.3. The fourth-order valence-corrected chi connectivity index (χ4v) is 6.67. The first-order valence-corrected chi connectivity index (χ1v) is 13.8. The van der Waals surface area contributed by atoms with E-state index in [9.17, 15) is 5.11 Å². The topological polar surface area (TPSA) is 55.9 Å². The molecule has 1 N–H and O–H groups in total. The summed E-state index contributed by atoms with van der Waals surface area (Å²) in [6.45, 7) is 6.06. The maximum absolute atomic E-state index is 10.1. The highest BCUT2D eigenvalue weighted by molar-refractivity contribution is 5.60. The number of benzene rings is 1. The lowest BCUT2D eigenvalue weighted by atomic mass is 9.81. The molecule has 0 radical (unpaired) electrons. The van der Waals surface area contributed by atoms with Crippen LogP contribution in [0.2, 0.25) is 0 Å². The molecule has 2 saturated carbocycles. The zero-order chi connectivity index (χ0) is 23.9. The van der Waals surface area contributed by atoms with E-state index in [0.29, 0.717) is 23.8 Å². The number of rotatable bonds is 8. The molecule has 3 aliphatic rings. The predicted molar refractivity (Wildman–Crippen MR) is 140 cm³/mol. The molecule has 2 aromatic heterocycles. The summed E-state index contributed by atoms with van der Waals surface area (Å²) in [4.78, 5) is 0. The minimum atomic E-state index is 0.119. The van der Waals surface area contributed by atoms with Crippen molar-refractivity contribution in [3.63, 3.8) is 0 Å². The second-order valence-electron chi connectivity index (χ2n) is 11.1. The number of nitrogens with zero attached hydrogens (tertiary/aromatic N) is 4. The lowest BCUT2D eigenvalue weighted by molar-refractivity contribution is 0.289. The summed E-state index contributed by atoms with van der Waals surface area (Å²) in [6, 6.07) is 9.44. The third-order valence-corrected chi connectivity index (χ3v) is 8.63. The molecule has 0 spiro atoms. The van der Waals surface area contributed by atoms with Crippen molar-refractivity contribution in [1.29, 1.82) is 0 Å². The SMILES string of the molecule is C=C(O)c1cnn(-c2cccc([C@@H]3CCC[C@@H](n4ncc5c4C(CCCC)CC5)C3)c2)c1C1CC1. The van der Waals surface area contributed by atoms with Gasteiger partial charge >= 0.3 is 0 Å². The fourth-order valence-electron chi connectivity index (χ4n) is 6.67. The number of hydrogen-bond donors (Lipinski definition) is 1. The monoisotopic (exact) mass is 470 g/mol. The Morgan fingerprint density at radius 1 is 1.06 bits per heavy atom. The summed E-state index contributed by atoms with van der Waals surface area (Å²) in [5.41, 5.74) is 7.46. The van der Waals surface area contributed by atoms with Crippen molar-refractivity contribution < 1.29 is 5.11 Å². The first-order valence-electron chi connectivity index (χ1n) is 13.8. The molecule has 184 valence electrons. The summed E-state index contributed by atoms with van der Waals surface area (Å²) < 4.78 is 4.48. The Hall–Kier alpha value is -2.82. The number of hydrogen-bond acceptors (Lipinski definition) is 3. The van der Waals surface area contributed by atoms with Gasteiger partial charge in [0.25, 0.3) is 0 Å². The third-order valence-electron chi connectivity index (χ3n) is 8.63. The van der Waals surface area contributed by atoms with Crippen LogP contribution >= 0.6 is 0 Å². The molecular weight excluding hydrogens is 432 g/mol. The van der Waals surface area contributed by atoms with Crippen LogP contribution < -0.4 is 0 Å². The quantitative estimate of drug-likeness (QED) is 0.345. The van der Waals surface area contributed by atoms with Gasteiger partial charge in [0.05, 0.1) is 35.4 Å². The van der Waals surface area contributed by atoms with Crippen LogP contribution in [0.5, 0.6) is 0 Å². The van der Waals surface area contributed by atoms with E-state index in [1.807, 2.05) is 4.68 Å². The van der Waals surface area contributed by atoms with Crippen LogP contribution in [0.15, 0.2) is 43.2 Å². The van der Waals surface area contributed by atoms with Gasteiger partial charge in [0.15, 0.2) is 0 Å². The first-order chi connectivity index (χ1) is 17.1. The largest absolute Gasteiger partial charge is 0.508 e. The van der Waals surface area contributed by atoms with E-state index >= 15 is 0 Å². The van der Waals surface area contributed by atoms with Gasteiger partial charge in [-0.3, -0.25) is 4.68 Å². The van der Waals surface area contributed by atoms with Crippen molar-refractivity contribution in [1.82, 2.24) is 19.6 Å². The second-order valence-corrected chi connectivity index (χ2v) is 11.1. The first kappa shape index (κ1) is 22.6. The van der Waals surface area contributed by atoms with Crippen LogP contribution in [-0.4, -0.2) is 24.7 Å². The standard InChI is InChI=1S/C30H38N4O/c1-3-4-7-21-14-15-25-18-31-33(29(21)25)26-10-5-8-23(16-26)24-9-6-11-27(17-24)34-30(22-12-13-22)28(19-32-34)20(2)35/h6,9,11,17-19,21-23,26,35H,2-5,7-8,10,12-16H2,1H3/t21?,23-,26-/m1/s1. The maximum Gasteiger partial charge on any atom is 0.119 e. The van der Waals surface area contributed by atoms with Crippen LogP contribution in [0.4, 0.5) is 0 Å². The van der Waals surface area contributed by atoms with E-state index in [-0.39, 0.29) is 5.76 Å². The lowest BCUT2D eigenvalue weighted by Gasteiger charge is -2.31. The highest BCUT2D eigenvalue weighted by Crippen LogP contribution is 2.45. The Morgan fingerprint density at radius 3 is 2.74 bits per heavy atom. The molecule has 35 heavy (non-hydrogen) atoms. The molecule has 0 amide bonds. The molecule has 2 fully saturated rings. The van der Waals surface area contributed by atoms with E-state index in [0.717, 1.165) is 36.2 Å². The maximum atomic E-state index is 10.1.